The Morgan fingerprint density at radius 2 is 2.20 bits per heavy atom. The van der Waals surface area contributed by atoms with E-state index in [0.29, 0.717) is 12.1 Å². The van der Waals surface area contributed by atoms with Crippen LogP contribution in [0.1, 0.15) is 5.69 Å². The lowest BCUT2D eigenvalue weighted by Crippen LogP contribution is -2.37. The van der Waals surface area contributed by atoms with Gasteiger partial charge in [0.2, 0.25) is 5.91 Å². The number of carbonyl (C=O) groups is 1. The van der Waals surface area contributed by atoms with Crippen molar-refractivity contribution in [3.05, 3.63) is 55.0 Å². The summed E-state index contributed by atoms with van der Waals surface area (Å²) in [4.78, 5) is 22.6. The maximum atomic E-state index is 12.4. The number of para-hydroxylation sites is 1. The lowest BCUT2D eigenvalue weighted by molar-refractivity contribution is -0.117. The number of nitrogens with one attached hydrogen (secondary N) is 4. The second-order valence-corrected chi connectivity index (χ2v) is 5.78. The van der Waals surface area contributed by atoms with E-state index >= 15 is 0 Å². The lowest BCUT2D eigenvalue weighted by atomic mass is 10.1. The van der Waals surface area contributed by atoms with Crippen LogP contribution in [-0.2, 0) is 11.2 Å². The molecule has 1 atom stereocenters. The average Bonchev–Trinajstić information content (AvgIpc) is 3.35. The van der Waals surface area contributed by atoms with Gasteiger partial charge < -0.3 is 21.0 Å². The van der Waals surface area contributed by atoms with Gasteiger partial charge in [-0.1, -0.05) is 12.1 Å². The number of fused-ring (bicyclic) bond motifs is 1. The number of anilines is 1. The molecule has 8 heteroatoms. The number of nitrogens with two attached hydrogens (primary N) is 1. The number of hydrogen-bond donors (Lipinski definition) is 5. The van der Waals surface area contributed by atoms with Crippen LogP contribution in [0, 0.1) is 0 Å². The fraction of sp³-hybridized carbons (Fsp3) is 0.118. The number of aromatic nitrogens is 5. The molecule has 4 aromatic rings. The van der Waals surface area contributed by atoms with Crippen molar-refractivity contribution in [2.45, 2.75) is 12.5 Å². The molecule has 0 aliphatic rings. The molecule has 0 spiro atoms. The number of nitrogens with zero attached hydrogens (tertiary/aromatic N) is 2. The Balaban J connectivity index is 1.58. The molecule has 25 heavy (non-hydrogen) atoms. The highest BCUT2D eigenvalue weighted by molar-refractivity contribution is 6.06. The minimum atomic E-state index is -0.679. The molecule has 8 nitrogen and oxygen atoms in total. The summed E-state index contributed by atoms with van der Waals surface area (Å²) in [7, 11) is 0. The third-order valence-electron chi connectivity index (χ3n) is 4.10. The standard InChI is InChI=1S/C17H17N7O/c18-14(4-11-7-19-9-21-11)17(25)24-15-3-1-2-12-13(8-20-16(12)15)10-5-22-23-6-10/h1-3,5-9,14,20H,4,18H2,(H,19,21)(H,22,23)(H,24,25)/t14-/m0/s1. The van der Waals surface area contributed by atoms with Crippen LogP contribution in [0.25, 0.3) is 22.0 Å². The van der Waals surface area contributed by atoms with Crippen molar-refractivity contribution in [3.8, 4) is 11.1 Å². The van der Waals surface area contributed by atoms with E-state index in [1.807, 2.05) is 30.6 Å². The quantitative estimate of drug-likeness (QED) is 0.381. The van der Waals surface area contributed by atoms with Crippen LogP contribution in [0.5, 0.6) is 0 Å². The van der Waals surface area contributed by atoms with Gasteiger partial charge in [-0.15, -0.1) is 0 Å². The number of H-pyrrole nitrogens is 3. The Morgan fingerprint density at radius 1 is 1.28 bits per heavy atom. The van der Waals surface area contributed by atoms with Gasteiger partial charge in [0.15, 0.2) is 0 Å². The van der Waals surface area contributed by atoms with E-state index in [2.05, 4.69) is 30.5 Å². The number of aromatic amines is 3. The smallest absolute Gasteiger partial charge is 0.241 e. The van der Waals surface area contributed by atoms with Crippen molar-refractivity contribution in [2.24, 2.45) is 5.73 Å². The second kappa shape index (κ2) is 6.25. The summed E-state index contributed by atoms with van der Waals surface area (Å²) in [6.45, 7) is 0. The molecule has 0 unspecified atom stereocenters. The molecule has 0 aliphatic heterocycles. The molecule has 0 fully saturated rings. The Morgan fingerprint density at radius 3 is 2.96 bits per heavy atom. The summed E-state index contributed by atoms with van der Waals surface area (Å²) in [5.74, 6) is -0.255. The largest absolute Gasteiger partial charge is 0.359 e. The van der Waals surface area contributed by atoms with E-state index in [-0.39, 0.29) is 5.91 Å². The van der Waals surface area contributed by atoms with Gasteiger partial charge in [0, 0.05) is 41.5 Å². The van der Waals surface area contributed by atoms with E-state index in [1.54, 1.807) is 18.7 Å². The lowest BCUT2D eigenvalue weighted by Gasteiger charge is -2.12. The number of rotatable bonds is 5. The van der Waals surface area contributed by atoms with Gasteiger partial charge in [-0.05, 0) is 6.07 Å². The van der Waals surface area contributed by atoms with E-state index in [1.165, 1.54) is 0 Å². The molecule has 1 aromatic carbocycles. The minimum absolute atomic E-state index is 0.255. The Bertz CT molecular complexity index is 986. The highest BCUT2D eigenvalue weighted by Gasteiger charge is 2.17. The number of amides is 1. The van der Waals surface area contributed by atoms with E-state index in [4.69, 9.17) is 5.73 Å². The van der Waals surface area contributed by atoms with Crippen LogP contribution in [-0.4, -0.2) is 37.1 Å². The van der Waals surface area contributed by atoms with Crippen molar-refractivity contribution in [2.75, 3.05) is 5.32 Å². The number of imidazole rings is 1. The van der Waals surface area contributed by atoms with Crippen molar-refractivity contribution in [1.29, 1.82) is 0 Å². The molecule has 3 aromatic heterocycles. The molecule has 0 saturated carbocycles. The third-order valence-corrected chi connectivity index (χ3v) is 4.10. The van der Waals surface area contributed by atoms with E-state index < -0.39 is 6.04 Å². The highest BCUT2D eigenvalue weighted by atomic mass is 16.2. The first-order chi connectivity index (χ1) is 12.2. The van der Waals surface area contributed by atoms with Gasteiger partial charge in [-0.25, -0.2) is 4.98 Å². The Hall–Kier alpha value is -3.39. The van der Waals surface area contributed by atoms with Crippen LogP contribution in [0.4, 0.5) is 5.69 Å². The minimum Gasteiger partial charge on any atom is -0.359 e. The van der Waals surface area contributed by atoms with E-state index in [9.17, 15) is 4.79 Å². The number of benzene rings is 1. The van der Waals surface area contributed by atoms with Gasteiger partial charge in [0.25, 0.3) is 0 Å². The summed E-state index contributed by atoms with van der Waals surface area (Å²) in [5, 5.41) is 10.7. The van der Waals surface area contributed by atoms with Crippen molar-refractivity contribution >= 4 is 22.5 Å². The molecule has 4 rings (SSSR count). The van der Waals surface area contributed by atoms with Crippen LogP contribution in [0.2, 0.25) is 0 Å². The maximum absolute atomic E-state index is 12.4. The zero-order valence-electron chi connectivity index (χ0n) is 13.3. The van der Waals surface area contributed by atoms with E-state index in [0.717, 1.165) is 27.7 Å². The molecule has 1 amide bonds. The van der Waals surface area contributed by atoms with Gasteiger partial charge in [-0.3, -0.25) is 9.89 Å². The topological polar surface area (TPSA) is 128 Å². The van der Waals surface area contributed by atoms with Crippen molar-refractivity contribution in [1.82, 2.24) is 25.1 Å². The highest BCUT2D eigenvalue weighted by Crippen LogP contribution is 2.31. The van der Waals surface area contributed by atoms with Crippen LogP contribution >= 0.6 is 0 Å². The monoisotopic (exact) mass is 335 g/mol. The number of hydrogen-bond acceptors (Lipinski definition) is 4. The fourth-order valence-corrected chi connectivity index (χ4v) is 2.84. The van der Waals surface area contributed by atoms with Crippen molar-refractivity contribution in [3.63, 3.8) is 0 Å². The molecule has 126 valence electrons. The first-order valence-electron chi connectivity index (χ1n) is 7.85. The van der Waals surface area contributed by atoms with Crippen LogP contribution in [0.15, 0.2) is 49.3 Å². The van der Waals surface area contributed by atoms with Crippen LogP contribution < -0.4 is 11.1 Å². The summed E-state index contributed by atoms with van der Waals surface area (Å²) in [6.07, 6.45) is 9.15. The molecule has 0 bridgehead atoms. The third kappa shape index (κ3) is 2.90. The molecule has 0 saturated heterocycles. The molecule has 0 aliphatic carbocycles. The summed E-state index contributed by atoms with van der Waals surface area (Å²) in [5.41, 5.74) is 10.3. The molecule has 3 heterocycles. The van der Waals surface area contributed by atoms with Crippen LogP contribution in [0.3, 0.4) is 0 Å². The van der Waals surface area contributed by atoms with Gasteiger partial charge in [-0.2, -0.15) is 5.10 Å². The van der Waals surface area contributed by atoms with Gasteiger partial charge in [0.05, 0.1) is 35.5 Å². The first kappa shape index (κ1) is 15.2. The van der Waals surface area contributed by atoms with Gasteiger partial charge >= 0.3 is 0 Å². The SMILES string of the molecule is N[C@@H](Cc1c[nH]cn1)C(=O)Nc1cccc2c(-c3cn[nH]c3)c[nH]c12. The normalized spacial score (nSPS) is 12.4. The predicted molar refractivity (Wildman–Crippen MR) is 94.8 cm³/mol. The number of carbonyl (C=O) groups excluding carboxylic acids is 1. The molecule has 0 radical (unpaired) electrons. The summed E-state index contributed by atoms with van der Waals surface area (Å²) < 4.78 is 0. The zero-order valence-corrected chi connectivity index (χ0v) is 13.3. The average molecular weight is 335 g/mol. The fourth-order valence-electron chi connectivity index (χ4n) is 2.84. The molecular formula is C17H17N7O. The maximum Gasteiger partial charge on any atom is 0.241 e. The first-order valence-corrected chi connectivity index (χ1v) is 7.85. The van der Waals surface area contributed by atoms with Crippen molar-refractivity contribution < 1.29 is 4.79 Å². The Kier molecular flexibility index (Phi) is 3.79. The van der Waals surface area contributed by atoms with Gasteiger partial charge in [0.1, 0.15) is 0 Å². The predicted octanol–water partition coefficient (Wildman–Crippen LogP) is 1.79. The second-order valence-electron chi connectivity index (χ2n) is 5.78. The molecule has 6 N–H and O–H groups in total. The Labute approximate surface area is 142 Å². The molecular weight excluding hydrogens is 318 g/mol. The summed E-state index contributed by atoms with van der Waals surface area (Å²) >= 11 is 0. The zero-order chi connectivity index (χ0) is 17.2. The summed E-state index contributed by atoms with van der Waals surface area (Å²) in [6, 6.07) is 5.06.